The third-order valence-corrected chi connectivity index (χ3v) is 3.82. The van der Waals surface area contributed by atoms with Gasteiger partial charge in [-0.25, -0.2) is 4.39 Å². The third-order valence-electron chi connectivity index (χ3n) is 3.82. The van der Waals surface area contributed by atoms with Crippen LogP contribution in [0, 0.1) is 5.82 Å². The van der Waals surface area contributed by atoms with Crippen LogP contribution in [0.15, 0.2) is 48.5 Å². The number of nitrogens with one attached hydrogen (secondary N) is 1. The van der Waals surface area contributed by atoms with Crippen molar-refractivity contribution in [2.45, 2.75) is 25.6 Å². The summed E-state index contributed by atoms with van der Waals surface area (Å²) >= 11 is 0. The molecule has 2 rings (SSSR count). The lowest BCUT2D eigenvalue weighted by atomic mass is 10.0. The number of carbonyl (C=O) groups excluding carboxylic acids is 1. The van der Waals surface area contributed by atoms with Gasteiger partial charge in [0.05, 0.1) is 6.61 Å². The van der Waals surface area contributed by atoms with Gasteiger partial charge in [0.25, 0.3) is 0 Å². The van der Waals surface area contributed by atoms with E-state index in [1.165, 1.54) is 6.07 Å². The number of halogens is 1. The molecule has 0 aliphatic heterocycles. The zero-order valence-electron chi connectivity index (χ0n) is 13.5. The lowest BCUT2D eigenvalue weighted by molar-refractivity contribution is -0.125. The van der Waals surface area contributed by atoms with Gasteiger partial charge in [-0.15, -0.1) is 0 Å². The van der Waals surface area contributed by atoms with Crippen molar-refractivity contribution in [3.63, 3.8) is 0 Å². The molecule has 1 amide bonds. The highest BCUT2D eigenvalue weighted by atomic mass is 19.1. The molecule has 0 radical (unpaired) electrons. The smallest absolute Gasteiger partial charge is 0.239 e. The van der Waals surface area contributed by atoms with Gasteiger partial charge in [0.2, 0.25) is 5.91 Å². The molecule has 5 nitrogen and oxygen atoms in total. The summed E-state index contributed by atoms with van der Waals surface area (Å²) in [7, 11) is 0. The number of rotatable bonds is 8. The number of hydrogen-bond acceptors (Lipinski definition) is 4. The van der Waals surface area contributed by atoms with Gasteiger partial charge in [-0.1, -0.05) is 30.3 Å². The average molecular weight is 332 g/mol. The van der Waals surface area contributed by atoms with E-state index in [0.29, 0.717) is 17.9 Å². The quantitative estimate of drug-likeness (QED) is 0.687. The molecule has 1 atom stereocenters. The Labute approximate surface area is 140 Å². The summed E-state index contributed by atoms with van der Waals surface area (Å²) in [6.45, 7) is 1.68. The van der Waals surface area contributed by atoms with Crippen LogP contribution in [0.25, 0.3) is 0 Å². The number of carbonyl (C=O) groups is 1. The van der Waals surface area contributed by atoms with Gasteiger partial charge in [-0.05, 0) is 30.7 Å². The van der Waals surface area contributed by atoms with E-state index < -0.39 is 11.4 Å². The topological polar surface area (TPSA) is 84.6 Å². The molecule has 0 aliphatic carbocycles. The van der Waals surface area contributed by atoms with Gasteiger partial charge in [0.15, 0.2) is 0 Å². The number of benzene rings is 2. The molecule has 0 spiro atoms. The Balaban J connectivity index is 1.91. The number of ether oxygens (including phenoxy) is 1. The summed E-state index contributed by atoms with van der Waals surface area (Å²) < 4.78 is 19.1. The number of aliphatic hydroxyl groups is 1. The van der Waals surface area contributed by atoms with Crippen LogP contribution in [-0.2, 0) is 17.9 Å². The SMILES string of the molecule is CC(CO)(NCc1ccc(OCc2ccccc2F)cc1)C(N)=O. The molecule has 0 heterocycles. The second-order valence-electron chi connectivity index (χ2n) is 5.73. The molecule has 24 heavy (non-hydrogen) atoms. The number of aliphatic hydroxyl groups excluding tert-OH is 1. The van der Waals surface area contributed by atoms with E-state index in [9.17, 15) is 14.3 Å². The Morgan fingerprint density at radius 1 is 1.25 bits per heavy atom. The molecule has 6 heteroatoms. The van der Waals surface area contributed by atoms with Crippen LogP contribution >= 0.6 is 0 Å². The Bertz CT molecular complexity index is 691. The van der Waals surface area contributed by atoms with Crippen molar-refractivity contribution in [2.75, 3.05) is 6.61 Å². The van der Waals surface area contributed by atoms with Crippen molar-refractivity contribution in [2.24, 2.45) is 5.73 Å². The molecular weight excluding hydrogens is 311 g/mol. The van der Waals surface area contributed by atoms with E-state index in [1.54, 1.807) is 37.3 Å². The first-order chi connectivity index (χ1) is 11.4. The first-order valence-corrected chi connectivity index (χ1v) is 7.55. The minimum absolute atomic E-state index is 0.147. The summed E-state index contributed by atoms with van der Waals surface area (Å²) in [5, 5.41) is 12.2. The zero-order valence-corrected chi connectivity index (χ0v) is 13.5. The van der Waals surface area contributed by atoms with Crippen molar-refractivity contribution < 1.29 is 19.0 Å². The van der Waals surface area contributed by atoms with E-state index >= 15 is 0 Å². The monoisotopic (exact) mass is 332 g/mol. The van der Waals surface area contributed by atoms with Crippen molar-refractivity contribution in [3.8, 4) is 5.75 Å². The lowest BCUT2D eigenvalue weighted by Gasteiger charge is -2.25. The van der Waals surface area contributed by atoms with Crippen molar-refractivity contribution in [3.05, 3.63) is 65.5 Å². The maximum atomic E-state index is 13.5. The first kappa shape index (κ1) is 17.9. The Kier molecular flexibility index (Phi) is 5.89. The van der Waals surface area contributed by atoms with E-state index in [2.05, 4.69) is 5.32 Å². The lowest BCUT2D eigenvalue weighted by Crippen LogP contribution is -2.55. The molecule has 4 N–H and O–H groups in total. The van der Waals surface area contributed by atoms with E-state index in [1.807, 2.05) is 12.1 Å². The molecule has 1 unspecified atom stereocenters. The van der Waals surface area contributed by atoms with Crippen LogP contribution < -0.4 is 15.8 Å². The van der Waals surface area contributed by atoms with Crippen molar-refractivity contribution >= 4 is 5.91 Å². The van der Waals surface area contributed by atoms with Crippen LogP contribution in [0.4, 0.5) is 4.39 Å². The summed E-state index contributed by atoms with van der Waals surface area (Å²) in [6.07, 6.45) is 0. The van der Waals surface area contributed by atoms with E-state index in [0.717, 1.165) is 5.56 Å². The van der Waals surface area contributed by atoms with Crippen LogP contribution in [0.3, 0.4) is 0 Å². The summed E-state index contributed by atoms with van der Waals surface area (Å²) in [5.74, 6) is -0.301. The maximum Gasteiger partial charge on any atom is 0.239 e. The number of primary amides is 1. The predicted octanol–water partition coefficient (Wildman–Crippen LogP) is 1.73. The van der Waals surface area contributed by atoms with Gasteiger partial charge < -0.3 is 15.6 Å². The highest BCUT2D eigenvalue weighted by molar-refractivity contribution is 5.84. The van der Waals surface area contributed by atoms with Crippen LogP contribution in [0.5, 0.6) is 5.75 Å². The molecule has 0 saturated carbocycles. The fourth-order valence-corrected chi connectivity index (χ4v) is 2.00. The van der Waals surface area contributed by atoms with Crippen molar-refractivity contribution in [1.82, 2.24) is 5.32 Å². The zero-order chi connectivity index (χ0) is 17.6. The van der Waals surface area contributed by atoms with Gasteiger partial charge in [-0.3, -0.25) is 10.1 Å². The van der Waals surface area contributed by atoms with Crippen molar-refractivity contribution in [1.29, 1.82) is 0 Å². The molecule has 128 valence electrons. The second kappa shape index (κ2) is 7.90. The Morgan fingerprint density at radius 2 is 1.92 bits per heavy atom. The first-order valence-electron chi connectivity index (χ1n) is 7.55. The molecule has 2 aromatic carbocycles. The summed E-state index contributed by atoms with van der Waals surface area (Å²) in [6, 6.07) is 13.6. The maximum absolute atomic E-state index is 13.5. The van der Waals surface area contributed by atoms with Crippen LogP contribution in [-0.4, -0.2) is 23.2 Å². The fraction of sp³-hybridized carbons (Fsp3) is 0.278. The minimum atomic E-state index is -1.17. The molecular formula is C18H21FN2O3. The summed E-state index contributed by atoms with van der Waals surface area (Å²) in [4.78, 5) is 11.3. The molecule has 0 fully saturated rings. The molecule has 2 aromatic rings. The highest BCUT2D eigenvalue weighted by Gasteiger charge is 2.29. The molecule has 0 aromatic heterocycles. The molecule has 0 aliphatic rings. The summed E-state index contributed by atoms with van der Waals surface area (Å²) in [5.41, 5.74) is 5.48. The van der Waals surface area contributed by atoms with Gasteiger partial charge in [-0.2, -0.15) is 0 Å². The Hall–Kier alpha value is -2.44. The number of amides is 1. The normalized spacial score (nSPS) is 13.3. The second-order valence-corrected chi connectivity index (χ2v) is 5.73. The number of nitrogens with two attached hydrogens (primary N) is 1. The fourth-order valence-electron chi connectivity index (χ4n) is 2.00. The Morgan fingerprint density at radius 3 is 2.50 bits per heavy atom. The molecule has 0 bridgehead atoms. The van der Waals surface area contributed by atoms with Gasteiger partial charge >= 0.3 is 0 Å². The van der Waals surface area contributed by atoms with Crippen LogP contribution in [0.2, 0.25) is 0 Å². The van der Waals surface area contributed by atoms with E-state index in [-0.39, 0.29) is 19.0 Å². The predicted molar refractivity (Wildman–Crippen MR) is 88.7 cm³/mol. The average Bonchev–Trinajstić information content (AvgIpc) is 2.59. The van der Waals surface area contributed by atoms with Gasteiger partial charge in [0.1, 0.15) is 23.7 Å². The largest absolute Gasteiger partial charge is 0.489 e. The minimum Gasteiger partial charge on any atom is -0.489 e. The van der Waals surface area contributed by atoms with Gasteiger partial charge in [0, 0.05) is 12.1 Å². The van der Waals surface area contributed by atoms with E-state index in [4.69, 9.17) is 10.5 Å². The van der Waals surface area contributed by atoms with Crippen LogP contribution in [0.1, 0.15) is 18.1 Å². The third kappa shape index (κ3) is 4.53. The standard InChI is InChI=1S/C18H21FN2O3/c1-18(12-22,17(20)23)21-10-13-6-8-15(9-7-13)24-11-14-4-2-3-5-16(14)19/h2-9,21-22H,10-12H2,1H3,(H2,20,23). The number of hydrogen-bond donors (Lipinski definition) is 3. The highest BCUT2D eigenvalue weighted by Crippen LogP contribution is 2.16. The molecule has 0 saturated heterocycles.